The fraction of sp³-hybridized carbons (Fsp3) is 0.435. The van der Waals surface area contributed by atoms with Crippen molar-refractivity contribution in [3.05, 3.63) is 60.7 Å². The van der Waals surface area contributed by atoms with Crippen molar-refractivity contribution in [1.82, 2.24) is 0 Å². The molecule has 4 nitrogen and oxygen atoms in total. The number of aliphatic hydroxyl groups excluding tert-OH is 1. The molecule has 1 aliphatic rings. The van der Waals surface area contributed by atoms with Gasteiger partial charge in [-0.05, 0) is 22.3 Å². The zero-order valence-corrected chi connectivity index (χ0v) is 18.1. The van der Waals surface area contributed by atoms with Crippen LogP contribution in [0.25, 0.3) is 0 Å². The summed E-state index contributed by atoms with van der Waals surface area (Å²) in [4.78, 5) is 12.0. The summed E-state index contributed by atoms with van der Waals surface area (Å²) in [6, 6.07) is 20.7. The van der Waals surface area contributed by atoms with E-state index >= 15 is 0 Å². The minimum absolute atomic E-state index is 0.139. The Bertz CT molecular complexity index is 746. The first-order valence-electron chi connectivity index (χ1n) is 9.89. The standard InChI is InChI=1S/C23H30O4Si/c1-17-21(24)15-18(27-22(17)25)16-26-28(23(2,3)4,19-11-7-5-8-12-19)20-13-9-6-10-14-20/h5-14,17-18,21,24H,15-16H2,1-4H3. The van der Waals surface area contributed by atoms with Crippen molar-refractivity contribution in [3.8, 4) is 0 Å². The molecule has 1 aliphatic heterocycles. The third-order valence-electron chi connectivity index (χ3n) is 5.64. The van der Waals surface area contributed by atoms with Gasteiger partial charge in [0.1, 0.15) is 6.10 Å². The van der Waals surface area contributed by atoms with Crippen LogP contribution in [0.5, 0.6) is 0 Å². The quantitative estimate of drug-likeness (QED) is 0.622. The topological polar surface area (TPSA) is 55.8 Å². The van der Waals surface area contributed by atoms with Crippen LogP contribution < -0.4 is 10.4 Å². The van der Waals surface area contributed by atoms with Gasteiger partial charge in [-0.1, -0.05) is 81.4 Å². The second-order valence-corrected chi connectivity index (χ2v) is 12.9. The molecule has 0 radical (unpaired) electrons. The summed E-state index contributed by atoms with van der Waals surface area (Å²) in [7, 11) is -2.67. The first kappa shape index (κ1) is 20.8. The van der Waals surface area contributed by atoms with Gasteiger partial charge >= 0.3 is 5.97 Å². The molecule has 0 aliphatic carbocycles. The van der Waals surface area contributed by atoms with E-state index in [1.807, 2.05) is 36.4 Å². The van der Waals surface area contributed by atoms with Crippen molar-refractivity contribution in [2.45, 2.75) is 51.4 Å². The molecule has 2 aromatic carbocycles. The molecule has 150 valence electrons. The fourth-order valence-corrected chi connectivity index (χ4v) is 8.62. The van der Waals surface area contributed by atoms with E-state index in [0.29, 0.717) is 6.42 Å². The Balaban J connectivity index is 1.98. The highest BCUT2D eigenvalue weighted by atomic mass is 28.4. The lowest BCUT2D eigenvalue weighted by Crippen LogP contribution is -2.67. The van der Waals surface area contributed by atoms with Crippen LogP contribution in [0.4, 0.5) is 0 Å². The lowest BCUT2D eigenvalue weighted by Gasteiger charge is -2.44. The Labute approximate surface area is 168 Å². The molecule has 1 fully saturated rings. The van der Waals surface area contributed by atoms with Crippen molar-refractivity contribution >= 4 is 24.7 Å². The van der Waals surface area contributed by atoms with Gasteiger partial charge in [0.25, 0.3) is 8.32 Å². The number of benzene rings is 2. The molecule has 1 heterocycles. The molecular formula is C23H30O4Si. The van der Waals surface area contributed by atoms with Crippen molar-refractivity contribution in [3.63, 3.8) is 0 Å². The highest BCUT2D eigenvalue weighted by Gasteiger charge is 2.50. The summed E-state index contributed by atoms with van der Waals surface area (Å²) >= 11 is 0. The molecule has 5 heteroatoms. The van der Waals surface area contributed by atoms with Gasteiger partial charge in [0.2, 0.25) is 0 Å². The molecule has 3 atom stereocenters. The smallest absolute Gasteiger partial charge is 0.311 e. The van der Waals surface area contributed by atoms with Crippen LogP contribution in [0, 0.1) is 5.92 Å². The average Bonchev–Trinajstić information content (AvgIpc) is 2.67. The molecule has 3 rings (SSSR count). The predicted molar refractivity (Wildman–Crippen MR) is 113 cm³/mol. The molecule has 0 spiro atoms. The zero-order chi connectivity index (χ0) is 20.4. The first-order valence-corrected chi connectivity index (χ1v) is 11.8. The van der Waals surface area contributed by atoms with Gasteiger partial charge in [-0.15, -0.1) is 0 Å². The van der Waals surface area contributed by atoms with E-state index in [-0.39, 0.29) is 17.6 Å². The van der Waals surface area contributed by atoms with Crippen LogP contribution in [-0.2, 0) is 14.0 Å². The molecule has 0 aromatic heterocycles. The van der Waals surface area contributed by atoms with Crippen LogP contribution in [0.1, 0.15) is 34.1 Å². The summed E-state index contributed by atoms with van der Waals surface area (Å²) < 4.78 is 12.3. The summed E-state index contributed by atoms with van der Waals surface area (Å²) in [6.07, 6.45) is -0.708. The summed E-state index contributed by atoms with van der Waals surface area (Å²) in [5.41, 5.74) is 0. The van der Waals surface area contributed by atoms with Crippen molar-refractivity contribution in [2.24, 2.45) is 5.92 Å². The number of ether oxygens (including phenoxy) is 1. The minimum atomic E-state index is -2.67. The monoisotopic (exact) mass is 398 g/mol. The van der Waals surface area contributed by atoms with Crippen molar-refractivity contribution < 1.29 is 19.1 Å². The second-order valence-electron chi connectivity index (χ2n) is 8.62. The maximum Gasteiger partial charge on any atom is 0.311 e. The second kappa shape index (κ2) is 8.19. The van der Waals surface area contributed by atoms with E-state index in [0.717, 1.165) is 0 Å². The molecule has 0 amide bonds. The molecule has 28 heavy (non-hydrogen) atoms. The lowest BCUT2D eigenvalue weighted by atomic mass is 9.96. The molecule has 0 bridgehead atoms. The largest absolute Gasteiger partial charge is 0.460 e. The van der Waals surface area contributed by atoms with Gasteiger partial charge in [-0.3, -0.25) is 4.79 Å². The van der Waals surface area contributed by atoms with Gasteiger partial charge in [-0.25, -0.2) is 0 Å². The Hall–Kier alpha value is -1.95. The number of hydrogen-bond donors (Lipinski definition) is 1. The highest BCUT2D eigenvalue weighted by Crippen LogP contribution is 2.37. The normalized spacial score (nSPS) is 23.3. The lowest BCUT2D eigenvalue weighted by molar-refractivity contribution is -0.170. The Morgan fingerprint density at radius 2 is 1.54 bits per heavy atom. The number of carbonyl (C=O) groups is 1. The molecule has 1 saturated heterocycles. The van der Waals surface area contributed by atoms with Gasteiger partial charge in [-0.2, -0.15) is 0 Å². The number of aliphatic hydroxyl groups is 1. The number of esters is 1. The molecule has 3 unspecified atom stereocenters. The van der Waals surface area contributed by atoms with Gasteiger partial charge < -0.3 is 14.3 Å². The number of cyclic esters (lactones) is 1. The van der Waals surface area contributed by atoms with E-state index in [2.05, 4.69) is 45.0 Å². The van der Waals surface area contributed by atoms with Crippen LogP contribution >= 0.6 is 0 Å². The van der Waals surface area contributed by atoms with Crippen molar-refractivity contribution in [1.29, 1.82) is 0 Å². The Morgan fingerprint density at radius 1 is 1.04 bits per heavy atom. The third-order valence-corrected chi connectivity index (χ3v) is 10.6. The summed E-state index contributed by atoms with van der Waals surface area (Å²) in [6.45, 7) is 8.62. The van der Waals surface area contributed by atoms with Crippen LogP contribution in [0.15, 0.2) is 60.7 Å². The Morgan fingerprint density at radius 3 is 1.96 bits per heavy atom. The first-order chi connectivity index (χ1) is 13.3. The maximum atomic E-state index is 12.0. The van der Waals surface area contributed by atoms with E-state index in [4.69, 9.17) is 9.16 Å². The van der Waals surface area contributed by atoms with Gasteiger partial charge in [0.15, 0.2) is 0 Å². The predicted octanol–water partition coefficient (Wildman–Crippen LogP) is 2.88. The van der Waals surface area contributed by atoms with E-state index in [9.17, 15) is 9.90 Å². The average molecular weight is 399 g/mol. The summed E-state index contributed by atoms with van der Waals surface area (Å²) in [5, 5.41) is 12.4. The Kier molecular flexibility index (Phi) is 6.08. The van der Waals surface area contributed by atoms with Crippen LogP contribution in [-0.4, -0.2) is 38.2 Å². The maximum absolute atomic E-state index is 12.0. The molecule has 2 aromatic rings. The van der Waals surface area contributed by atoms with Crippen LogP contribution in [0.3, 0.4) is 0 Å². The number of rotatable bonds is 5. The van der Waals surface area contributed by atoms with Crippen LogP contribution in [0.2, 0.25) is 5.04 Å². The highest BCUT2D eigenvalue weighted by molar-refractivity contribution is 6.99. The van der Waals surface area contributed by atoms with Gasteiger partial charge in [0, 0.05) is 6.42 Å². The molecule has 0 saturated carbocycles. The number of hydrogen-bond acceptors (Lipinski definition) is 4. The number of carbonyl (C=O) groups excluding carboxylic acids is 1. The van der Waals surface area contributed by atoms with E-state index in [1.165, 1.54) is 10.4 Å². The van der Waals surface area contributed by atoms with E-state index < -0.39 is 26.4 Å². The van der Waals surface area contributed by atoms with Crippen molar-refractivity contribution in [2.75, 3.05) is 6.61 Å². The molecular weight excluding hydrogens is 368 g/mol. The molecule has 1 N–H and O–H groups in total. The SMILES string of the molecule is CC1C(=O)OC(CO[Si](c2ccccc2)(c2ccccc2)C(C)(C)C)CC1O. The zero-order valence-electron chi connectivity index (χ0n) is 17.1. The summed E-state index contributed by atoms with van der Waals surface area (Å²) in [5.74, 6) is -0.834. The minimum Gasteiger partial charge on any atom is -0.460 e. The fourth-order valence-electron chi connectivity index (χ4n) is 4.03. The van der Waals surface area contributed by atoms with Gasteiger partial charge in [0.05, 0.1) is 18.6 Å². The third kappa shape index (κ3) is 3.92. The van der Waals surface area contributed by atoms with E-state index in [1.54, 1.807) is 6.92 Å².